The highest BCUT2D eigenvalue weighted by atomic mass is 35.5. The first-order chi connectivity index (χ1) is 10.1. The number of β-amino-alcohol motifs (C(OH)–C–C–N with tert-alkyl or cyclic N) is 1. The van der Waals surface area contributed by atoms with E-state index in [0.29, 0.717) is 19.6 Å². The maximum atomic E-state index is 12.2. The molecule has 0 aromatic heterocycles. The molecule has 0 amide bonds. The van der Waals surface area contributed by atoms with Gasteiger partial charge in [0.25, 0.3) is 0 Å². The fourth-order valence-corrected chi connectivity index (χ4v) is 2.34. The average molecular weight is 339 g/mol. The van der Waals surface area contributed by atoms with Crippen molar-refractivity contribution in [2.24, 2.45) is 5.92 Å². The number of hydrogen-bond donors (Lipinski definition) is 3. The lowest BCUT2D eigenvalue weighted by Crippen LogP contribution is -2.30. The van der Waals surface area contributed by atoms with Gasteiger partial charge >= 0.3 is 6.61 Å². The van der Waals surface area contributed by atoms with Gasteiger partial charge in [-0.15, -0.1) is 12.4 Å². The van der Waals surface area contributed by atoms with Gasteiger partial charge < -0.3 is 25.2 Å². The summed E-state index contributed by atoms with van der Waals surface area (Å²) >= 11 is 0. The summed E-state index contributed by atoms with van der Waals surface area (Å²) in [4.78, 5) is 0. The lowest BCUT2D eigenvalue weighted by Gasteiger charge is -2.15. The second-order valence-electron chi connectivity index (χ2n) is 4.98. The van der Waals surface area contributed by atoms with Gasteiger partial charge in [-0.3, -0.25) is 0 Å². The molecule has 1 fully saturated rings. The quantitative estimate of drug-likeness (QED) is 0.701. The average Bonchev–Trinajstić information content (AvgIpc) is 2.85. The molecule has 1 heterocycles. The van der Waals surface area contributed by atoms with E-state index in [-0.39, 0.29) is 35.9 Å². The standard InChI is InChI=1S/C14H20F2N2O3.ClH/c1-20-13-4-9(2-3-12(13)21-14(15)16)5-17-6-10-7-18-8-11(10)19;/h2-4,10-11,14,17-19H,5-8H2,1H3;1H. The maximum Gasteiger partial charge on any atom is 0.387 e. The number of benzene rings is 1. The van der Waals surface area contributed by atoms with Crippen molar-refractivity contribution in [3.63, 3.8) is 0 Å². The number of alkyl halides is 2. The molecule has 2 unspecified atom stereocenters. The summed E-state index contributed by atoms with van der Waals surface area (Å²) in [6, 6.07) is 4.83. The highest BCUT2D eigenvalue weighted by Gasteiger charge is 2.24. The molecule has 8 heteroatoms. The molecule has 1 saturated heterocycles. The van der Waals surface area contributed by atoms with E-state index in [9.17, 15) is 13.9 Å². The van der Waals surface area contributed by atoms with Crippen molar-refractivity contribution in [3.05, 3.63) is 23.8 Å². The first kappa shape index (κ1) is 18.9. The SMILES string of the molecule is COc1cc(CNCC2CNCC2O)ccc1OC(F)F.Cl. The first-order valence-corrected chi connectivity index (χ1v) is 6.81. The van der Waals surface area contributed by atoms with Gasteiger partial charge in [-0.25, -0.2) is 0 Å². The number of halogens is 3. The van der Waals surface area contributed by atoms with E-state index < -0.39 is 6.61 Å². The van der Waals surface area contributed by atoms with Crippen LogP contribution < -0.4 is 20.1 Å². The van der Waals surface area contributed by atoms with Crippen LogP contribution in [0.5, 0.6) is 11.5 Å². The van der Waals surface area contributed by atoms with Gasteiger partial charge in [0.05, 0.1) is 13.2 Å². The van der Waals surface area contributed by atoms with Crippen molar-refractivity contribution < 1.29 is 23.4 Å². The van der Waals surface area contributed by atoms with Gasteiger partial charge in [0.1, 0.15) is 0 Å². The molecule has 1 aromatic rings. The Hall–Kier alpha value is -1.15. The number of ether oxygens (including phenoxy) is 2. The van der Waals surface area contributed by atoms with Crippen molar-refractivity contribution in [2.75, 3.05) is 26.7 Å². The van der Waals surface area contributed by atoms with Crippen LogP contribution in [0.15, 0.2) is 18.2 Å². The van der Waals surface area contributed by atoms with Gasteiger partial charge in [-0.1, -0.05) is 6.07 Å². The molecule has 1 aromatic carbocycles. The van der Waals surface area contributed by atoms with E-state index in [1.165, 1.54) is 13.2 Å². The smallest absolute Gasteiger partial charge is 0.387 e. The Labute approximate surface area is 134 Å². The molecule has 0 radical (unpaired) electrons. The predicted octanol–water partition coefficient (Wildman–Crippen LogP) is 1.39. The van der Waals surface area contributed by atoms with Crippen molar-refractivity contribution >= 4 is 12.4 Å². The van der Waals surface area contributed by atoms with Crippen LogP contribution in [0.2, 0.25) is 0 Å². The Morgan fingerprint density at radius 1 is 1.36 bits per heavy atom. The van der Waals surface area contributed by atoms with Crippen LogP contribution in [-0.2, 0) is 6.54 Å². The molecular weight excluding hydrogens is 318 g/mol. The van der Waals surface area contributed by atoms with Crippen molar-refractivity contribution in [3.8, 4) is 11.5 Å². The molecule has 22 heavy (non-hydrogen) atoms. The Morgan fingerprint density at radius 2 is 2.14 bits per heavy atom. The minimum atomic E-state index is -2.88. The number of aliphatic hydroxyl groups excluding tert-OH is 1. The minimum Gasteiger partial charge on any atom is -0.493 e. The first-order valence-electron chi connectivity index (χ1n) is 6.81. The molecule has 0 spiro atoms. The van der Waals surface area contributed by atoms with E-state index >= 15 is 0 Å². The lowest BCUT2D eigenvalue weighted by molar-refractivity contribution is -0.0512. The molecule has 2 rings (SSSR count). The molecule has 3 N–H and O–H groups in total. The summed E-state index contributed by atoms with van der Waals surface area (Å²) in [7, 11) is 1.41. The Bertz CT molecular complexity index is 466. The molecule has 0 bridgehead atoms. The third-order valence-electron chi connectivity index (χ3n) is 3.48. The maximum absolute atomic E-state index is 12.2. The highest BCUT2D eigenvalue weighted by Crippen LogP contribution is 2.29. The lowest BCUT2D eigenvalue weighted by atomic mass is 10.1. The molecule has 0 aliphatic carbocycles. The van der Waals surface area contributed by atoms with Gasteiger partial charge in [-0.05, 0) is 17.7 Å². The van der Waals surface area contributed by atoms with Crippen molar-refractivity contribution in [2.45, 2.75) is 19.3 Å². The third kappa shape index (κ3) is 5.24. The van der Waals surface area contributed by atoms with Crippen LogP contribution in [0, 0.1) is 5.92 Å². The summed E-state index contributed by atoms with van der Waals surface area (Å²) in [5.41, 5.74) is 0.897. The number of hydrogen-bond acceptors (Lipinski definition) is 5. The Balaban J connectivity index is 0.00000242. The summed E-state index contributed by atoms with van der Waals surface area (Å²) in [5.74, 6) is 0.483. The fourth-order valence-electron chi connectivity index (χ4n) is 2.34. The van der Waals surface area contributed by atoms with Crippen LogP contribution >= 0.6 is 12.4 Å². The summed E-state index contributed by atoms with van der Waals surface area (Å²) < 4.78 is 33.9. The van der Waals surface area contributed by atoms with Crippen molar-refractivity contribution in [1.82, 2.24) is 10.6 Å². The summed E-state index contributed by atoms with van der Waals surface area (Å²) in [5, 5.41) is 16.0. The predicted molar refractivity (Wildman–Crippen MR) is 80.9 cm³/mol. The third-order valence-corrected chi connectivity index (χ3v) is 3.48. The van der Waals surface area contributed by atoms with Gasteiger partial charge in [-0.2, -0.15) is 8.78 Å². The van der Waals surface area contributed by atoms with E-state index in [1.807, 2.05) is 0 Å². The van der Waals surface area contributed by atoms with Crippen LogP contribution in [0.25, 0.3) is 0 Å². The van der Waals surface area contributed by atoms with Crippen LogP contribution in [0.3, 0.4) is 0 Å². The second kappa shape index (κ2) is 9.09. The zero-order valence-corrected chi connectivity index (χ0v) is 13.0. The number of methoxy groups -OCH3 is 1. The van der Waals surface area contributed by atoms with Gasteiger partial charge in [0, 0.05) is 32.1 Å². The zero-order chi connectivity index (χ0) is 15.2. The second-order valence-corrected chi connectivity index (χ2v) is 4.98. The normalized spacial score (nSPS) is 20.8. The van der Waals surface area contributed by atoms with E-state index in [0.717, 1.165) is 12.1 Å². The highest BCUT2D eigenvalue weighted by molar-refractivity contribution is 5.85. The van der Waals surface area contributed by atoms with Crippen LogP contribution in [0.1, 0.15) is 5.56 Å². The summed E-state index contributed by atoms with van der Waals surface area (Å²) in [6.45, 7) is -0.210. The van der Waals surface area contributed by atoms with Crippen LogP contribution in [0.4, 0.5) is 8.78 Å². The van der Waals surface area contributed by atoms with Crippen molar-refractivity contribution in [1.29, 1.82) is 0 Å². The molecule has 1 aliphatic heterocycles. The topological polar surface area (TPSA) is 62.8 Å². The van der Waals surface area contributed by atoms with Gasteiger partial charge in [0.15, 0.2) is 11.5 Å². The van der Waals surface area contributed by atoms with Crippen LogP contribution in [-0.4, -0.2) is 44.6 Å². The Morgan fingerprint density at radius 3 is 2.73 bits per heavy atom. The number of rotatable bonds is 7. The minimum absolute atomic E-state index is 0. The van der Waals surface area contributed by atoms with Gasteiger partial charge in [0.2, 0.25) is 0 Å². The van der Waals surface area contributed by atoms with E-state index in [4.69, 9.17) is 4.74 Å². The zero-order valence-electron chi connectivity index (χ0n) is 12.2. The Kier molecular flexibility index (Phi) is 7.81. The molecule has 126 valence electrons. The summed E-state index contributed by atoms with van der Waals surface area (Å²) in [6.07, 6.45) is -0.325. The monoisotopic (exact) mass is 338 g/mol. The largest absolute Gasteiger partial charge is 0.493 e. The fraction of sp³-hybridized carbons (Fsp3) is 0.571. The molecular formula is C14H21ClF2N2O3. The number of nitrogens with one attached hydrogen (secondary N) is 2. The van der Waals surface area contributed by atoms with E-state index in [1.54, 1.807) is 12.1 Å². The molecule has 5 nitrogen and oxygen atoms in total. The molecule has 0 saturated carbocycles. The molecule has 1 aliphatic rings. The molecule has 2 atom stereocenters. The number of aliphatic hydroxyl groups is 1. The van der Waals surface area contributed by atoms with E-state index in [2.05, 4.69) is 15.4 Å².